The summed E-state index contributed by atoms with van der Waals surface area (Å²) in [6.07, 6.45) is -0.338. The van der Waals surface area contributed by atoms with Crippen LogP contribution in [0.25, 0.3) is 0 Å². The normalized spacial score (nSPS) is 18.5. The van der Waals surface area contributed by atoms with E-state index in [1.165, 1.54) is 15.9 Å². The summed E-state index contributed by atoms with van der Waals surface area (Å²) in [4.78, 5) is 38.6. The van der Waals surface area contributed by atoms with Crippen LogP contribution >= 0.6 is 0 Å². The molecule has 1 saturated heterocycles. The lowest BCUT2D eigenvalue weighted by Gasteiger charge is -2.41. The Morgan fingerprint density at radius 2 is 2.00 bits per heavy atom. The van der Waals surface area contributed by atoms with Crippen molar-refractivity contribution in [2.24, 2.45) is 5.73 Å². The maximum Gasteiger partial charge on any atom is 0.430 e. The molecule has 0 spiro atoms. The first-order chi connectivity index (χ1) is 14.0. The smallest absolute Gasteiger partial charge is 0.430 e. The average molecular weight is 422 g/mol. The van der Waals surface area contributed by atoms with E-state index in [2.05, 4.69) is 0 Å². The van der Waals surface area contributed by atoms with Gasteiger partial charge in [-0.2, -0.15) is 0 Å². The van der Waals surface area contributed by atoms with Crippen molar-refractivity contribution in [3.8, 4) is 11.5 Å². The number of carbonyl (C=O) groups excluding carboxylic acids is 2. The number of carboxylic acid groups (broad SMARTS) is 1. The van der Waals surface area contributed by atoms with E-state index in [-0.39, 0.29) is 61.1 Å². The Hall–Kier alpha value is -2.83. The van der Waals surface area contributed by atoms with Crippen LogP contribution in [0.3, 0.4) is 0 Å². The first-order valence-electron chi connectivity index (χ1n) is 9.58. The number of nitrogens with two attached hydrogens (primary N) is 1. The van der Waals surface area contributed by atoms with Crippen molar-refractivity contribution in [2.75, 3.05) is 27.2 Å². The number of aromatic carboxylic acids is 1. The fourth-order valence-corrected chi connectivity index (χ4v) is 3.40. The largest absolute Gasteiger partial charge is 0.669 e. The molecule has 11 nitrogen and oxygen atoms in total. The number of aryl methyl sites for hydroxylation is 1. The van der Waals surface area contributed by atoms with Crippen LogP contribution in [0, 0.1) is 0 Å². The zero-order valence-electron chi connectivity index (χ0n) is 16.8. The molecular weight excluding hydrogens is 397 g/mol. The van der Waals surface area contributed by atoms with Gasteiger partial charge in [0.2, 0.25) is 11.8 Å². The summed E-state index contributed by atoms with van der Waals surface area (Å²) in [5.74, 6) is -2.07. The number of rotatable bonds is 6. The second kappa shape index (κ2) is 8.13. The second-order valence-corrected chi connectivity index (χ2v) is 7.83. The van der Waals surface area contributed by atoms with Crippen molar-refractivity contribution in [3.63, 3.8) is 0 Å². The van der Waals surface area contributed by atoms with Gasteiger partial charge in [0.15, 0.2) is 0 Å². The van der Waals surface area contributed by atoms with Crippen LogP contribution in [0.2, 0.25) is 6.32 Å². The third-order valence-electron chi connectivity index (χ3n) is 5.18. The van der Waals surface area contributed by atoms with Crippen LogP contribution < -0.4 is 15.1 Å². The van der Waals surface area contributed by atoms with E-state index in [1.807, 2.05) is 0 Å². The van der Waals surface area contributed by atoms with Crippen molar-refractivity contribution in [3.05, 3.63) is 23.3 Å². The van der Waals surface area contributed by atoms with Gasteiger partial charge < -0.3 is 40.1 Å². The lowest BCUT2D eigenvalue weighted by atomic mass is 9.70. The molecule has 1 aromatic rings. The molecule has 0 radical (unpaired) electrons. The van der Waals surface area contributed by atoms with E-state index in [9.17, 15) is 29.5 Å². The summed E-state index contributed by atoms with van der Waals surface area (Å²) in [7, 11) is 3.15. The molecule has 164 valence electrons. The number of nitrogens with zero attached hydrogens (tertiary/aromatic N) is 2. The van der Waals surface area contributed by atoms with Gasteiger partial charge >= 0.3 is 12.7 Å². The van der Waals surface area contributed by atoms with Crippen molar-refractivity contribution < 1.29 is 38.9 Å². The molecule has 0 bridgehead atoms. The minimum atomic E-state index is -3.13. The highest BCUT2D eigenvalue weighted by atomic mass is 16.6. The zero-order valence-corrected chi connectivity index (χ0v) is 16.8. The number of amides is 2. The SMILES string of the molecule is CN(C)C(=O)C[C@@H](N)C(=O)N1CC(Oc2ccc3c(c2C(=O)O)O[B-](O)(O)CC3)C1. The number of carboxylic acids is 1. The van der Waals surface area contributed by atoms with Crippen LogP contribution in [-0.2, 0) is 16.0 Å². The van der Waals surface area contributed by atoms with Crippen molar-refractivity contribution in [2.45, 2.75) is 31.3 Å². The highest BCUT2D eigenvalue weighted by molar-refractivity contribution is 6.59. The maximum absolute atomic E-state index is 12.3. The van der Waals surface area contributed by atoms with Gasteiger partial charge in [0, 0.05) is 14.1 Å². The summed E-state index contributed by atoms with van der Waals surface area (Å²) >= 11 is 0. The third kappa shape index (κ3) is 4.50. The van der Waals surface area contributed by atoms with Crippen LogP contribution in [0.5, 0.6) is 11.5 Å². The van der Waals surface area contributed by atoms with Gasteiger partial charge in [0.25, 0.3) is 0 Å². The van der Waals surface area contributed by atoms with Gasteiger partial charge in [-0.3, -0.25) is 9.59 Å². The van der Waals surface area contributed by atoms with Crippen LogP contribution in [0.1, 0.15) is 22.3 Å². The van der Waals surface area contributed by atoms with Crippen LogP contribution in [-0.4, -0.2) is 88.8 Å². The highest BCUT2D eigenvalue weighted by Gasteiger charge is 2.37. The summed E-state index contributed by atoms with van der Waals surface area (Å²) in [6.45, 7) is -2.75. The Morgan fingerprint density at radius 1 is 1.33 bits per heavy atom. The minimum absolute atomic E-state index is 0.0129. The summed E-state index contributed by atoms with van der Waals surface area (Å²) in [5, 5.41) is 29.2. The number of hydrogen-bond acceptors (Lipinski definition) is 8. The topological polar surface area (TPSA) is 163 Å². The van der Waals surface area contributed by atoms with Gasteiger partial charge in [-0.1, -0.05) is 12.4 Å². The molecule has 1 atom stereocenters. The van der Waals surface area contributed by atoms with Gasteiger partial charge in [-0.25, -0.2) is 4.79 Å². The number of likely N-dealkylation sites (tertiary alicyclic amines) is 1. The second-order valence-electron chi connectivity index (χ2n) is 7.83. The van der Waals surface area contributed by atoms with Gasteiger partial charge in [0.1, 0.15) is 17.4 Å². The summed E-state index contributed by atoms with van der Waals surface area (Å²) in [6, 6.07) is 2.15. The van der Waals surface area contributed by atoms with Gasteiger partial charge in [-0.15, -0.1) is 0 Å². The monoisotopic (exact) mass is 422 g/mol. The molecule has 1 aromatic carbocycles. The molecule has 0 aromatic heterocycles. The average Bonchev–Trinajstić information content (AvgIpc) is 2.61. The zero-order chi connectivity index (χ0) is 22.2. The number of hydrogen-bond donors (Lipinski definition) is 4. The first-order valence-corrected chi connectivity index (χ1v) is 9.58. The number of carbonyl (C=O) groups is 3. The Bertz CT molecular complexity index is 869. The third-order valence-corrected chi connectivity index (χ3v) is 5.18. The fourth-order valence-electron chi connectivity index (χ4n) is 3.40. The quantitative estimate of drug-likeness (QED) is 0.406. The molecule has 2 amide bonds. The van der Waals surface area contributed by atoms with Crippen molar-refractivity contribution >= 4 is 24.5 Å². The van der Waals surface area contributed by atoms with E-state index in [4.69, 9.17) is 15.1 Å². The molecule has 0 saturated carbocycles. The van der Waals surface area contributed by atoms with Crippen molar-refractivity contribution in [1.82, 2.24) is 9.80 Å². The number of fused-ring (bicyclic) bond motifs is 1. The van der Waals surface area contributed by atoms with Crippen molar-refractivity contribution in [1.29, 1.82) is 0 Å². The molecule has 12 heteroatoms. The molecule has 0 unspecified atom stereocenters. The van der Waals surface area contributed by atoms with Gasteiger partial charge in [0.05, 0.1) is 31.3 Å². The Labute approximate surface area is 173 Å². The molecule has 2 heterocycles. The van der Waals surface area contributed by atoms with E-state index >= 15 is 0 Å². The molecule has 2 aliphatic rings. The molecule has 0 aliphatic carbocycles. The summed E-state index contributed by atoms with van der Waals surface area (Å²) in [5.41, 5.74) is 6.06. The standard InChI is InChI=1S/C18H25BN3O8/c1-21(2)14(23)7-12(20)17(24)22-8-11(9-22)29-13-4-3-10-5-6-19(27,28)30-16(10)15(13)18(25)26/h3-4,11-12,27-28H,5-9,20H2,1-2H3,(H,25,26)/q-1/t12-/m1/s1. The molecule has 3 rings (SSSR count). The van der Waals surface area contributed by atoms with Crippen LogP contribution in [0.15, 0.2) is 12.1 Å². The fraction of sp³-hybridized carbons (Fsp3) is 0.500. The lowest BCUT2D eigenvalue weighted by Crippen LogP contribution is -2.60. The van der Waals surface area contributed by atoms with Gasteiger partial charge in [-0.05, 0) is 18.1 Å². The molecule has 1 fully saturated rings. The minimum Gasteiger partial charge on any atom is -0.669 e. The highest BCUT2D eigenvalue weighted by Crippen LogP contribution is 2.38. The van der Waals surface area contributed by atoms with E-state index in [0.29, 0.717) is 5.56 Å². The maximum atomic E-state index is 12.3. The molecule has 30 heavy (non-hydrogen) atoms. The Morgan fingerprint density at radius 3 is 2.60 bits per heavy atom. The predicted octanol–water partition coefficient (Wildman–Crippen LogP) is -1.36. The molecule has 5 N–H and O–H groups in total. The first kappa shape index (κ1) is 21.9. The Balaban J connectivity index is 1.66. The van der Waals surface area contributed by atoms with E-state index in [1.54, 1.807) is 20.2 Å². The van der Waals surface area contributed by atoms with E-state index < -0.39 is 24.9 Å². The van der Waals surface area contributed by atoms with Crippen LogP contribution in [0.4, 0.5) is 0 Å². The summed E-state index contributed by atoms with van der Waals surface area (Å²) < 4.78 is 10.9. The number of ether oxygens (including phenoxy) is 1. The van der Waals surface area contributed by atoms with E-state index in [0.717, 1.165) is 0 Å². The number of benzene rings is 1. The molecular formula is C18H25BN3O8-. The Kier molecular flexibility index (Phi) is 5.93. The lowest BCUT2D eigenvalue weighted by molar-refractivity contribution is -0.144. The predicted molar refractivity (Wildman–Crippen MR) is 105 cm³/mol. The molecule has 2 aliphatic heterocycles.